The van der Waals surface area contributed by atoms with E-state index >= 15 is 0 Å². The zero-order valence-electron chi connectivity index (χ0n) is 49.9. The van der Waals surface area contributed by atoms with E-state index in [9.17, 15) is 67.7 Å². The molecular formula is C55H94N16O15. The Morgan fingerprint density at radius 1 is 0.593 bits per heavy atom. The summed E-state index contributed by atoms with van der Waals surface area (Å²) < 4.78 is 5.07. The number of unbranched alkanes of at least 4 members (excludes halogenated alkanes) is 1. The van der Waals surface area contributed by atoms with Crippen molar-refractivity contribution in [3.05, 3.63) is 35.9 Å². The number of benzene rings is 1. The monoisotopic (exact) mass is 1220 g/mol. The van der Waals surface area contributed by atoms with E-state index in [1.54, 1.807) is 44.2 Å². The van der Waals surface area contributed by atoms with E-state index < -0.39 is 157 Å². The molecule has 86 heavy (non-hydrogen) atoms. The van der Waals surface area contributed by atoms with Crippen LogP contribution < -0.4 is 87.2 Å². The van der Waals surface area contributed by atoms with Crippen molar-refractivity contribution >= 4 is 70.9 Å². The molecule has 484 valence electrons. The Labute approximate surface area is 501 Å². The second-order valence-electron chi connectivity index (χ2n) is 21.4. The van der Waals surface area contributed by atoms with Gasteiger partial charge in [0.05, 0.1) is 25.2 Å². The molecular weight excluding hydrogens is 1120 g/mol. The van der Waals surface area contributed by atoms with Crippen molar-refractivity contribution in [2.45, 2.75) is 184 Å². The van der Waals surface area contributed by atoms with Crippen molar-refractivity contribution in [3.8, 4) is 0 Å². The number of hydrogen-bond donors (Lipinski definition) is 18. The average molecular weight is 1220 g/mol. The molecule has 0 aliphatic carbocycles. The molecule has 0 aromatic heterocycles. The van der Waals surface area contributed by atoms with Gasteiger partial charge in [-0.05, 0) is 109 Å². The van der Waals surface area contributed by atoms with Gasteiger partial charge in [0.2, 0.25) is 65.0 Å². The third-order valence-corrected chi connectivity index (χ3v) is 13.5. The van der Waals surface area contributed by atoms with Crippen LogP contribution in [0.3, 0.4) is 0 Å². The summed E-state index contributed by atoms with van der Waals surface area (Å²) in [5.74, 6) is -11.2. The van der Waals surface area contributed by atoms with Crippen LogP contribution in [0.4, 0.5) is 0 Å². The first-order valence-electron chi connectivity index (χ1n) is 29.2. The fourth-order valence-electron chi connectivity index (χ4n) is 8.76. The summed E-state index contributed by atoms with van der Waals surface area (Å²) in [5, 5.41) is 49.2. The molecule has 23 N–H and O–H groups in total. The summed E-state index contributed by atoms with van der Waals surface area (Å²) in [7, 11) is 0. The number of carbonyl (C=O) groups is 12. The Morgan fingerprint density at radius 3 is 1.60 bits per heavy atom. The predicted molar refractivity (Wildman–Crippen MR) is 313 cm³/mol. The van der Waals surface area contributed by atoms with Crippen LogP contribution in [-0.4, -0.2) is 200 Å². The molecule has 31 heteroatoms. The molecule has 0 spiro atoms. The van der Waals surface area contributed by atoms with Gasteiger partial charge >= 0.3 is 5.97 Å². The van der Waals surface area contributed by atoms with Gasteiger partial charge < -0.3 is 102 Å². The predicted octanol–water partition coefficient (Wildman–Crippen LogP) is -6.73. The molecule has 0 radical (unpaired) electrons. The van der Waals surface area contributed by atoms with Crippen LogP contribution in [0.2, 0.25) is 0 Å². The van der Waals surface area contributed by atoms with Crippen LogP contribution >= 0.6 is 0 Å². The summed E-state index contributed by atoms with van der Waals surface area (Å²) in [6.45, 7) is 6.63. The van der Waals surface area contributed by atoms with Crippen molar-refractivity contribution in [1.29, 1.82) is 0 Å². The third kappa shape index (κ3) is 26.9. The number of carbonyl (C=O) groups excluding carboxylic acids is 12. The van der Waals surface area contributed by atoms with Gasteiger partial charge in [-0.2, -0.15) is 0 Å². The van der Waals surface area contributed by atoms with Gasteiger partial charge in [0, 0.05) is 19.4 Å². The van der Waals surface area contributed by atoms with Crippen molar-refractivity contribution in [2.75, 3.05) is 45.9 Å². The topological polar surface area (TPSA) is 517 Å². The highest BCUT2D eigenvalue weighted by molar-refractivity contribution is 5.99. The first kappa shape index (κ1) is 74.7. The van der Waals surface area contributed by atoms with Crippen molar-refractivity contribution < 1.29 is 72.5 Å². The van der Waals surface area contributed by atoms with Gasteiger partial charge in [-0.1, -0.05) is 57.5 Å². The third-order valence-electron chi connectivity index (χ3n) is 13.5. The molecule has 1 fully saturated rings. The first-order valence-corrected chi connectivity index (χ1v) is 29.2. The summed E-state index contributed by atoms with van der Waals surface area (Å²) in [6.07, 6.45) is -4.03. The van der Waals surface area contributed by atoms with Crippen molar-refractivity contribution in [1.82, 2.24) is 58.5 Å². The summed E-state index contributed by atoms with van der Waals surface area (Å²) in [6, 6.07) is -6.68. The van der Waals surface area contributed by atoms with E-state index in [1.807, 2.05) is 6.92 Å². The quantitative estimate of drug-likeness (QED) is 0.0262. The Hall–Kier alpha value is -7.42. The van der Waals surface area contributed by atoms with Crippen LogP contribution in [-0.2, 0) is 68.7 Å². The molecule has 1 aliphatic rings. The SMILES string of the molecule is CCCCOC(=O)CCC(=O)N[C@@H](CCN)C(=O)N[C@H](C(=O)N[C@@H](CCN)C(=O)N[C@H]1CCNC(=O)[C@H](C(C)O)NC(=O)[C@H](CCN)NC(=O)[C@H](CCN)NC(=O)[C@H](CC(C)C)NC(=O)[C@@H](Cc2ccccc2)NC(=O)[C@H](CCN)NC1=O)C(C)O. The summed E-state index contributed by atoms with van der Waals surface area (Å²) in [4.78, 5) is 166. The number of hydrogen-bond acceptors (Lipinski definition) is 20. The van der Waals surface area contributed by atoms with Crippen LogP contribution in [0.5, 0.6) is 0 Å². The maximum absolute atomic E-state index is 14.5. The number of aliphatic hydroxyl groups excluding tert-OH is 2. The molecule has 11 amide bonds. The maximum atomic E-state index is 14.5. The zero-order chi connectivity index (χ0) is 64.5. The summed E-state index contributed by atoms with van der Waals surface area (Å²) >= 11 is 0. The molecule has 0 bridgehead atoms. The minimum atomic E-state index is -1.78. The Morgan fingerprint density at radius 2 is 1.09 bits per heavy atom. The molecule has 1 aromatic carbocycles. The van der Waals surface area contributed by atoms with Gasteiger partial charge in [0.1, 0.15) is 60.4 Å². The lowest BCUT2D eigenvalue weighted by atomic mass is 10.00. The molecule has 31 nitrogen and oxygen atoms in total. The minimum absolute atomic E-state index is 0.0343. The first-order chi connectivity index (χ1) is 40.8. The van der Waals surface area contributed by atoms with Crippen molar-refractivity contribution in [2.24, 2.45) is 34.6 Å². The van der Waals surface area contributed by atoms with Gasteiger partial charge in [-0.3, -0.25) is 57.5 Å². The van der Waals surface area contributed by atoms with Crippen LogP contribution in [0, 0.1) is 5.92 Å². The van der Waals surface area contributed by atoms with E-state index in [1.165, 1.54) is 6.92 Å². The van der Waals surface area contributed by atoms with Gasteiger partial charge in [-0.25, -0.2) is 0 Å². The highest BCUT2D eigenvalue weighted by Crippen LogP contribution is 2.12. The Balaban J connectivity index is 2.67. The largest absolute Gasteiger partial charge is 0.466 e. The zero-order valence-corrected chi connectivity index (χ0v) is 49.9. The molecule has 1 heterocycles. The van der Waals surface area contributed by atoms with Gasteiger partial charge in [0.25, 0.3) is 0 Å². The lowest BCUT2D eigenvalue weighted by Crippen LogP contribution is -2.62. The number of rotatable bonds is 29. The van der Waals surface area contributed by atoms with E-state index in [4.69, 9.17) is 33.4 Å². The standard InChI is InChI=1S/C55H94N16O15/c1-6-7-27-86-43(75)14-13-42(74)62-34(15-21-56)50(80)71-45(32(5)73)55(85)67-37(18-24-59)47(77)66-39-20-26-61-54(84)44(31(4)72)70-51(81)38(19-25-60)64-46(76)35(16-22-57)65-52(82)40(28-30(2)3)68-53(83)41(29-33-11-9-8-10-12-33)69-48(78)36(17-23-58)63-49(39)79/h8-12,30-32,34-41,44-45,72-73H,6-7,13-29,56-60H2,1-5H3,(H,61,84)(H,62,74)(H,63,79)(H,64,76)(H,65,82)(H,66,77)(H,67,85)(H,68,83)(H,69,78)(H,70,81)(H,71,80)/t31?,32?,34-,35-,36-,37-,38-,39-,40-,41+,44-,45-/m0/s1. The smallest absolute Gasteiger partial charge is 0.306 e. The number of nitrogens with one attached hydrogen (secondary N) is 11. The Bertz CT molecular complexity index is 2390. The number of aliphatic hydroxyl groups is 2. The lowest BCUT2D eigenvalue weighted by Gasteiger charge is -2.29. The van der Waals surface area contributed by atoms with E-state index in [2.05, 4.69) is 58.5 Å². The van der Waals surface area contributed by atoms with Crippen LogP contribution in [0.15, 0.2) is 30.3 Å². The Kier molecular flexibility index (Phi) is 34.8. The second-order valence-corrected chi connectivity index (χ2v) is 21.4. The fourth-order valence-corrected chi connectivity index (χ4v) is 8.76. The highest BCUT2D eigenvalue weighted by Gasteiger charge is 2.37. The minimum Gasteiger partial charge on any atom is -0.466 e. The molecule has 2 rings (SSSR count). The molecule has 1 saturated heterocycles. The second kappa shape index (κ2) is 40.1. The molecule has 1 aliphatic heterocycles. The van der Waals surface area contributed by atoms with Gasteiger partial charge in [-0.15, -0.1) is 0 Å². The van der Waals surface area contributed by atoms with E-state index in [0.717, 1.165) is 13.3 Å². The maximum Gasteiger partial charge on any atom is 0.306 e. The lowest BCUT2D eigenvalue weighted by molar-refractivity contribution is -0.145. The van der Waals surface area contributed by atoms with Crippen LogP contribution in [0.25, 0.3) is 0 Å². The fraction of sp³-hybridized carbons (Fsp3) is 0.673. The molecule has 12 atom stereocenters. The normalized spacial score (nSPS) is 22.3. The number of ether oxygens (including phenoxy) is 1. The van der Waals surface area contributed by atoms with Gasteiger partial charge in [0.15, 0.2) is 0 Å². The summed E-state index contributed by atoms with van der Waals surface area (Å²) in [5.41, 5.74) is 29.8. The number of amides is 11. The van der Waals surface area contributed by atoms with Crippen LogP contribution in [0.1, 0.15) is 111 Å². The molecule has 1 aromatic rings. The number of esters is 1. The highest BCUT2D eigenvalue weighted by atomic mass is 16.5. The number of nitrogens with two attached hydrogens (primary N) is 5. The molecule has 2 unspecified atom stereocenters. The molecule has 0 saturated carbocycles. The van der Waals surface area contributed by atoms with Crippen molar-refractivity contribution in [3.63, 3.8) is 0 Å². The average Bonchev–Trinajstić information content (AvgIpc) is 3.67. The van der Waals surface area contributed by atoms with E-state index in [-0.39, 0.29) is 103 Å². The van der Waals surface area contributed by atoms with E-state index in [0.29, 0.717) is 12.0 Å².